The summed E-state index contributed by atoms with van der Waals surface area (Å²) < 4.78 is 0. The van der Waals surface area contributed by atoms with Gasteiger partial charge in [-0.15, -0.1) is 0 Å². The largest absolute Gasteiger partial charge is 0.353 e. The molecule has 0 radical (unpaired) electrons. The topological polar surface area (TPSA) is 62.0 Å². The molecule has 2 N–H and O–H groups in total. The molecule has 4 aromatic rings. The van der Waals surface area contributed by atoms with Crippen LogP contribution < -0.4 is 10.7 Å². The average molecular weight is 349 g/mol. The van der Waals surface area contributed by atoms with Crippen LogP contribution in [0.3, 0.4) is 0 Å². The second-order valence-electron chi connectivity index (χ2n) is 5.69. The molecule has 122 valence electrons. The minimum absolute atomic E-state index is 0.0630. The maximum absolute atomic E-state index is 12.7. The van der Waals surface area contributed by atoms with E-state index < -0.39 is 0 Å². The molecule has 0 aliphatic heterocycles. The quantitative estimate of drug-likeness (QED) is 0.520. The van der Waals surface area contributed by atoms with Crippen LogP contribution in [0.1, 0.15) is 10.4 Å². The van der Waals surface area contributed by atoms with Gasteiger partial charge in [-0.25, -0.2) is 0 Å². The number of amides is 1. The molecule has 0 bridgehead atoms. The van der Waals surface area contributed by atoms with Crippen molar-refractivity contribution >= 4 is 45.0 Å². The zero-order valence-electron chi connectivity index (χ0n) is 13.0. The summed E-state index contributed by atoms with van der Waals surface area (Å²) in [5, 5.41) is 4.58. The summed E-state index contributed by atoms with van der Waals surface area (Å²) in [5.41, 5.74) is 2.32. The van der Waals surface area contributed by atoms with Gasteiger partial charge in [0.1, 0.15) is 0 Å². The molecule has 0 aliphatic rings. The first-order valence-electron chi connectivity index (χ1n) is 7.74. The van der Waals surface area contributed by atoms with Crippen molar-refractivity contribution < 1.29 is 4.79 Å². The number of benzene rings is 3. The van der Waals surface area contributed by atoms with Gasteiger partial charge in [-0.2, -0.15) is 0 Å². The number of pyridine rings is 1. The molecule has 5 heteroatoms. The summed E-state index contributed by atoms with van der Waals surface area (Å²) in [5.74, 6) is -0.266. The lowest BCUT2D eigenvalue weighted by atomic mass is 10.1. The van der Waals surface area contributed by atoms with Gasteiger partial charge in [0.25, 0.3) is 5.91 Å². The summed E-state index contributed by atoms with van der Waals surface area (Å²) >= 11 is 5.86. The Balaban J connectivity index is 1.83. The maximum Gasteiger partial charge on any atom is 0.255 e. The number of hydrogen-bond acceptors (Lipinski definition) is 2. The van der Waals surface area contributed by atoms with Crippen LogP contribution in [0.5, 0.6) is 0 Å². The fraction of sp³-hybridized carbons (Fsp3) is 0. The minimum atomic E-state index is -0.266. The van der Waals surface area contributed by atoms with E-state index >= 15 is 0 Å². The fourth-order valence-electron chi connectivity index (χ4n) is 2.85. The number of carbonyl (C=O) groups is 1. The van der Waals surface area contributed by atoms with E-state index in [0.29, 0.717) is 32.6 Å². The Morgan fingerprint density at radius 2 is 1.60 bits per heavy atom. The predicted octanol–water partition coefficient (Wildman–Crippen LogP) is 4.59. The van der Waals surface area contributed by atoms with E-state index in [1.807, 2.05) is 18.2 Å². The zero-order valence-corrected chi connectivity index (χ0v) is 13.8. The lowest BCUT2D eigenvalue weighted by Gasteiger charge is -2.10. The molecule has 1 amide bonds. The Morgan fingerprint density at radius 3 is 2.40 bits per heavy atom. The molecule has 1 heterocycles. The molecule has 0 aliphatic carbocycles. The van der Waals surface area contributed by atoms with E-state index in [4.69, 9.17) is 11.6 Å². The molecular weight excluding hydrogens is 336 g/mol. The molecule has 0 saturated heterocycles. The Labute approximate surface area is 148 Å². The van der Waals surface area contributed by atoms with Gasteiger partial charge in [0.15, 0.2) is 5.43 Å². The summed E-state index contributed by atoms with van der Waals surface area (Å²) in [7, 11) is 0. The molecular formula is C20H13ClN2O2. The van der Waals surface area contributed by atoms with E-state index in [9.17, 15) is 9.59 Å². The van der Waals surface area contributed by atoms with Crippen LogP contribution in [-0.2, 0) is 0 Å². The summed E-state index contributed by atoms with van der Waals surface area (Å²) in [4.78, 5) is 28.4. The third-order valence-electron chi connectivity index (χ3n) is 4.10. The Morgan fingerprint density at radius 1 is 0.880 bits per heavy atom. The molecule has 4 rings (SSSR count). The highest BCUT2D eigenvalue weighted by Crippen LogP contribution is 2.23. The van der Waals surface area contributed by atoms with Crippen molar-refractivity contribution in [3.63, 3.8) is 0 Å². The minimum Gasteiger partial charge on any atom is -0.353 e. The lowest BCUT2D eigenvalue weighted by molar-refractivity contribution is 0.102. The Hall–Kier alpha value is -3.11. The monoisotopic (exact) mass is 348 g/mol. The molecule has 3 aromatic carbocycles. The van der Waals surface area contributed by atoms with Crippen molar-refractivity contribution in [2.45, 2.75) is 0 Å². The lowest BCUT2D eigenvalue weighted by Crippen LogP contribution is -2.13. The summed E-state index contributed by atoms with van der Waals surface area (Å²) in [6, 6.07) is 19.2. The van der Waals surface area contributed by atoms with Gasteiger partial charge in [-0.3, -0.25) is 9.59 Å². The van der Waals surface area contributed by atoms with Gasteiger partial charge in [0, 0.05) is 26.9 Å². The van der Waals surface area contributed by atoms with Crippen molar-refractivity contribution in [2.24, 2.45) is 0 Å². The number of anilines is 1. The van der Waals surface area contributed by atoms with Crippen molar-refractivity contribution in [1.82, 2.24) is 4.98 Å². The van der Waals surface area contributed by atoms with E-state index in [2.05, 4.69) is 10.3 Å². The first-order chi connectivity index (χ1) is 12.1. The van der Waals surface area contributed by atoms with Gasteiger partial charge in [0.2, 0.25) is 0 Å². The van der Waals surface area contributed by atoms with Crippen LogP contribution in [0.4, 0.5) is 5.69 Å². The van der Waals surface area contributed by atoms with Crippen LogP contribution in [0.25, 0.3) is 21.8 Å². The molecule has 4 nitrogen and oxygen atoms in total. The number of hydrogen-bond donors (Lipinski definition) is 2. The fourth-order valence-corrected chi connectivity index (χ4v) is 2.97. The van der Waals surface area contributed by atoms with Crippen LogP contribution >= 0.6 is 11.6 Å². The third kappa shape index (κ3) is 2.77. The van der Waals surface area contributed by atoms with Gasteiger partial charge in [-0.05, 0) is 48.5 Å². The SMILES string of the molecule is O=C(Nc1cccc2c(=O)c3ccccc3[nH]c12)c1ccc(Cl)cc1. The van der Waals surface area contributed by atoms with Crippen molar-refractivity contribution in [3.05, 3.63) is 87.5 Å². The number of rotatable bonds is 2. The highest BCUT2D eigenvalue weighted by molar-refractivity contribution is 6.30. The third-order valence-corrected chi connectivity index (χ3v) is 4.35. The number of H-pyrrole nitrogens is 1. The summed E-state index contributed by atoms with van der Waals surface area (Å²) in [6.45, 7) is 0. The van der Waals surface area contributed by atoms with Gasteiger partial charge in [0.05, 0.1) is 11.2 Å². The molecule has 0 fully saturated rings. The number of halogens is 1. The smallest absolute Gasteiger partial charge is 0.255 e. The highest BCUT2D eigenvalue weighted by Gasteiger charge is 2.11. The first kappa shape index (κ1) is 15.4. The number of aromatic nitrogens is 1. The Kier molecular flexibility index (Phi) is 3.75. The molecule has 1 aromatic heterocycles. The number of para-hydroxylation sites is 2. The number of nitrogens with one attached hydrogen (secondary N) is 2. The summed E-state index contributed by atoms with van der Waals surface area (Å²) in [6.07, 6.45) is 0. The zero-order chi connectivity index (χ0) is 17.4. The van der Waals surface area contributed by atoms with Gasteiger partial charge in [-0.1, -0.05) is 29.8 Å². The second-order valence-corrected chi connectivity index (χ2v) is 6.13. The van der Waals surface area contributed by atoms with Crippen molar-refractivity contribution in [3.8, 4) is 0 Å². The number of aromatic amines is 1. The van der Waals surface area contributed by atoms with E-state index in [1.165, 1.54) is 0 Å². The second kappa shape index (κ2) is 6.07. The average Bonchev–Trinajstić information content (AvgIpc) is 2.63. The van der Waals surface area contributed by atoms with Gasteiger partial charge >= 0.3 is 0 Å². The first-order valence-corrected chi connectivity index (χ1v) is 8.12. The van der Waals surface area contributed by atoms with Crippen molar-refractivity contribution in [2.75, 3.05) is 5.32 Å². The van der Waals surface area contributed by atoms with E-state index in [1.54, 1.807) is 48.5 Å². The molecule has 0 atom stereocenters. The normalized spacial score (nSPS) is 10.9. The van der Waals surface area contributed by atoms with Gasteiger partial charge < -0.3 is 10.3 Å². The van der Waals surface area contributed by atoms with E-state index in [-0.39, 0.29) is 11.3 Å². The van der Waals surface area contributed by atoms with E-state index in [0.717, 1.165) is 5.52 Å². The number of carbonyl (C=O) groups excluding carboxylic acids is 1. The molecule has 0 unspecified atom stereocenters. The van der Waals surface area contributed by atoms with Crippen LogP contribution in [0.2, 0.25) is 5.02 Å². The van der Waals surface area contributed by atoms with Crippen LogP contribution in [-0.4, -0.2) is 10.9 Å². The standard InChI is InChI=1S/C20H13ClN2O2/c21-13-10-8-12(9-11-13)20(25)23-17-7-3-5-15-18(17)22-16-6-2-1-4-14(16)19(15)24/h1-11H,(H,22,24)(H,23,25). The van der Waals surface area contributed by atoms with Crippen molar-refractivity contribution in [1.29, 1.82) is 0 Å². The van der Waals surface area contributed by atoms with Crippen LogP contribution in [0, 0.1) is 0 Å². The molecule has 25 heavy (non-hydrogen) atoms. The number of fused-ring (bicyclic) bond motifs is 2. The van der Waals surface area contributed by atoms with Crippen LogP contribution in [0.15, 0.2) is 71.5 Å². The maximum atomic E-state index is 12.7. The highest BCUT2D eigenvalue weighted by atomic mass is 35.5. The Bertz CT molecular complexity index is 1160. The molecule has 0 spiro atoms. The molecule has 0 saturated carbocycles. The predicted molar refractivity (Wildman–Crippen MR) is 101 cm³/mol.